The second-order valence-electron chi connectivity index (χ2n) is 8.29. The number of piperidine rings is 1. The molecule has 1 saturated heterocycles. The van der Waals surface area contributed by atoms with Gasteiger partial charge in [0.25, 0.3) is 0 Å². The number of rotatable bonds is 6. The van der Waals surface area contributed by atoms with Crippen LogP contribution >= 0.6 is 0 Å². The van der Waals surface area contributed by atoms with Crippen molar-refractivity contribution in [3.63, 3.8) is 0 Å². The zero-order valence-electron chi connectivity index (χ0n) is 18.8. The fraction of sp³-hybridized carbons (Fsp3) is 0.179. The summed E-state index contributed by atoms with van der Waals surface area (Å²) in [4.78, 5) is 24.2. The zero-order valence-corrected chi connectivity index (χ0v) is 18.8. The molecule has 1 aromatic heterocycles. The predicted octanol–water partition coefficient (Wildman–Crippen LogP) is 5.79. The first-order valence-corrected chi connectivity index (χ1v) is 11.5. The molecule has 0 radical (unpaired) electrons. The van der Waals surface area contributed by atoms with Gasteiger partial charge in [-0.15, -0.1) is 0 Å². The highest BCUT2D eigenvalue weighted by Gasteiger charge is 2.26. The summed E-state index contributed by atoms with van der Waals surface area (Å²) >= 11 is 0. The summed E-state index contributed by atoms with van der Waals surface area (Å²) in [5.74, 6) is 2.23. The van der Waals surface area contributed by atoms with Crippen LogP contribution in [-0.2, 0) is 4.79 Å². The second-order valence-corrected chi connectivity index (χ2v) is 8.29. The molecule has 170 valence electrons. The Morgan fingerprint density at radius 1 is 0.853 bits per heavy atom. The van der Waals surface area contributed by atoms with Gasteiger partial charge in [-0.05, 0) is 37.1 Å². The molecule has 1 aliphatic heterocycles. The molecule has 0 aliphatic carbocycles. The number of amides is 1. The van der Waals surface area contributed by atoms with E-state index in [-0.39, 0.29) is 11.8 Å². The third-order valence-electron chi connectivity index (χ3n) is 6.03. The zero-order chi connectivity index (χ0) is 23.2. The maximum absolute atomic E-state index is 13.0. The van der Waals surface area contributed by atoms with E-state index < -0.39 is 0 Å². The number of ether oxygens (including phenoxy) is 1. The highest BCUT2D eigenvalue weighted by molar-refractivity contribution is 5.94. The molecule has 6 nitrogen and oxygen atoms in total. The van der Waals surface area contributed by atoms with Crippen molar-refractivity contribution in [3.8, 4) is 22.8 Å². The normalized spacial score (nSPS) is 13.9. The number of aromatic nitrogens is 2. The molecule has 1 aliphatic rings. The number of benzene rings is 3. The van der Waals surface area contributed by atoms with Gasteiger partial charge in [0.05, 0.1) is 11.4 Å². The molecule has 3 aromatic carbocycles. The first-order valence-electron chi connectivity index (χ1n) is 11.5. The maximum atomic E-state index is 13.0. The average Bonchev–Trinajstić information content (AvgIpc) is 2.91. The molecule has 4 aromatic rings. The summed E-state index contributed by atoms with van der Waals surface area (Å²) in [5, 5.41) is 3.08. The van der Waals surface area contributed by atoms with Crippen LogP contribution in [0.5, 0.6) is 11.5 Å². The van der Waals surface area contributed by atoms with E-state index in [9.17, 15) is 4.79 Å². The first-order chi connectivity index (χ1) is 16.8. The van der Waals surface area contributed by atoms with Gasteiger partial charge in [-0.1, -0.05) is 60.7 Å². The lowest BCUT2D eigenvalue weighted by molar-refractivity contribution is -0.120. The Morgan fingerprint density at radius 3 is 2.29 bits per heavy atom. The van der Waals surface area contributed by atoms with Crippen LogP contribution in [0, 0.1) is 5.92 Å². The topological polar surface area (TPSA) is 67.3 Å². The number of anilines is 2. The van der Waals surface area contributed by atoms with Gasteiger partial charge in [0.2, 0.25) is 5.91 Å². The van der Waals surface area contributed by atoms with Gasteiger partial charge in [-0.3, -0.25) is 4.79 Å². The van der Waals surface area contributed by atoms with Crippen LogP contribution in [-0.4, -0.2) is 29.0 Å². The Hall–Kier alpha value is -4.19. The third-order valence-corrected chi connectivity index (χ3v) is 6.03. The minimum atomic E-state index is -0.0588. The van der Waals surface area contributed by atoms with Crippen molar-refractivity contribution in [2.24, 2.45) is 5.92 Å². The fourth-order valence-electron chi connectivity index (χ4n) is 4.17. The standard InChI is InChI=1S/C28H26N4O2/c33-28(31-24-13-7-8-14-26(24)34-23-11-5-2-6-12-23)22-15-17-32(18-16-22)27-19-25(29-20-30-27)21-9-3-1-4-10-21/h1-14,19-20,22H,15-18H2,(H,31,33). The molecule has 0 saturated carbocycles. The molecule has 1 amide bonds. The van der Waals surface area contributed by atoms with E-state index in [1.54, 1.807) is 6.33 Å². The molecule has 1 N–H and O–H groups in total. The van der Waals surface area contributed by atoms with Crippen LogP contribution in [0.15, 0.2) is 97.3 Å². The first kappa shape index (κ1) is 21.6. The molecular formula is C28H26N4O2. The van der Waals surface area contributed by atoms with Crippen LogP contribution in [0.2, 0.25) is 0 Å². The van der Waals surface area contributed by atoms with Crippen LogP contribution in [0.4, 0.5) is 11.5 Å². The summed E-state index contributed by atoms with van der Waals surface area (Å²) in [5.41, 5.74) is 2.65. The number of hydrogen-bond acceptors (Lipinski definition) is 5. The summed E-state index contributed by atoms with van der Waals surface area (Å²) in [6.07, 6.45) is 3.14. The predicted molar refractivity (Wildman–Crippen MR) is 134 cm³/mol. The van der Waals surface area contributed by atoms with Gasteiger partial charge in [0, 0.05) is 30.6 Å². The van der Waals surface area contributed by atoms with Crippen molar-refractivity contribution >= 4 is 17.4 Å². The average molecular weight is 451 g/mol. The Balaban J connectivity index is 1.21. The van der Waals surface area contributed by atoms with Gasteiger partial charge in [-0.2, -0.15) is 0 Å². The molecule has 0 atom stereocenters. The molecule has 0 spiro atoms. The van der Waals surface area contributed by atoms with Crippen LogP contribution in [0.3, 0.4) is 0 Å². The maximum Gasteiger partial charge on any atom is 0.227 e. The molecular weight excluding hydrogens is 424 g/mol. The molecule has 2 heterocycles. The number of para-hydroxylation sites is 3. The molecule has 34 heavy (non-hydrogen) atoms. The quantitative estimate of drug-likeness (QED) is 0.403. The highest BCUT2D eigenvalue weighted by Crippen LogP contribution is 2.31. The Labute approximate surface area is 199 Å². The van der Waals surface area contributed by atoms with Gasteiger partial charge in [-0.25, -0.2) is 9.97 Å². The van der Waals surface area contributed by atoms with E-state index in [4.69, 9.17) is 4.74 Å². The van der Waals surface area contributed by atoms with Gasteiger partial charge in [0.1, 0.15) is 17.9 Å². The lowest BCUT2D eigenvalue weighted by atomic mass is 9.95. The van der Waals surface area contributed by atoms with Crippen molar-refractivity contribution in [1.29, 1.82) is 0 Å². The third kappa shape index (κ3) is 5.07. The van der Waals surface area contributed by atoms with Crippen molar-refractivity contribution < 1.29 is 9.53 Å². The van der Waals surface area contributed by atoms with Crippen molar-refractivity contribution in [2.45, 2.75) is 12.8 Å². The summed E-state index contributed by atoms with van der Waals surface area (Å²) in [6, 6.07) is 29.2. The molecule has 0 bridgehead atoms. The minimum absolute atomic E-state index is 0.0245. The van der Waals surface area contributed by atoms with Crippen LogP contribution < -0.4 is 15.0 Å². The van der Waals surface area contributed by atoms with E-state index in [2.05, 4.69) is 20.2 Å². The number of nitrogens with one attached hydrogen (secondary N) is 1. The Kier molecular flexibility index (Phi) is 6.47. The van der Waals surface area contributed by atoms with Crippen LogP contribution in [0.1, 0.15) is 12.8 Å². The monoisotopic (exact) mass is 450 g/mol. The number of hydrogen-bond donors (Lipinski definition) is 1. The van der Waals surface area contributed by atoms with Crippen LogP contribution in [0.25, 0.3) is 11.3 Å². The van der Waals surface area contributed by atoms with Gasteiger partial charge < -0.3 is 15.0 Å². The minimum Gasteiger partial charge on any atom is -0.455 e. The lowest BCUT2D eigenvalue weighted by Gasteiger charge is -2.32. The smallest absolute Gasteiger partial charge is 0.227 e. The van der Waals surface area contributed by atoms with E-state index >= 15 is 0 Å². The van der Waals surface area contributed by atoms with Gasteiger partial charge >= 0.3 is 0 Å². The number of carbonyl (C=O) groups excluding carboxylic acids is 1. The molecule has 5 rings (SSSR count). The Bertz CT molecular complexity index is 1240. The highest BCUT2D eigenvalue weighted by atomic mass is 16.5. The molecule has 0 unspecified atom stereocenters. The number of carbonyl (C=O) groups is 1. The van der Waals surface area contributed by atoms with E-state index in [0.29, 0.717) is 11.4 Å². The van der Waals surface area contributed by atoms with E-state index in [1.165, 1.54) is 0 Å². The van der Waals surface area contributed by atoms with Crippen molar-refractivity contribution in [2.75, 3.05) is 23.3 Å². The second kappa shape index (κ2) is 10.2. The fourth-order valence-corrected chi connectivity index (χ4v) is 4.17. The summed E-state index contributed by atoms with van der Waals surface area (Å²) in [6.45, 7) is 1.54. The number of nitrogens with zero attached hydrogens (tertiary/aromatic N) is 3. The summed E-state index contributed by atoms with van der Waals surface area (Å²) in [7, 11) is 0. The van der Waals surface area contributed by atoms with Gasteiger partial charge in [0.15, 0.2) is 5.75 Å². The van der Waals surface area contributed by atoms with E-state index in [1.807, 2.05) is 91.0 Å². The molecule has 1 fully saturated rings. The molecule has 6 heteroatoms. The largest absolute Gasteiger partial charge is 0.455 e. The van der Waals surface area contributed by atoms with Crippen molar-refractivity contribution in [3.05, 3.63) is 97.3 Å². The Morgan fingerprint density at radius 2 is 1.53 bits per heavy atom. The van der Waals surface area contributed by atoms with E-state index in [0.717, 1.165) is 48.8 Å². The lowest BCUT2D eigenvalue weighted by Crippen LogP contribution is -2.38. The SMILES string of the molecule is O=C(Nc1ccccc1Oc1ccccc1)C1CCN(c2cc(-c3ccccc3)ncn2)CC1. The summed E-state index contributed by atoms with van der Waals surface area (Å²) < 4.78 is 5.98. The van der Waals surface area contributed by atoms with Crippen molar-refractivity contribution in [1.82, 2.24) is 9.97 Å².